The first-order valence-electron chi connectivity index (χ1n) is 9.96. The van der Waals surface area contributed by atoms with Gasteiger partial charge >= 0.3 is 158 Å². The van der Waals surface area contributed by atoms with Gasteiger partial charge in [0.2, 0.25) is 0 Å². The van der Waals surface area contributed by atoms with E-state index in [0.717, 1.165) is 0 Å². The predicted octanol–water partition coefficient (Wildman–Crippen LogP) is 8.68. The van der Waals surface area contributed by atoms with Gasteiger partial charge in [-0.2, -0.15) is 0 Å². The minimum absolute atomic E-state index is 0.133. The molecular weight excluding hydrogens is 450 g/mol. The molecule has 2 aliphatic carbocycles. The molecular formula is C24H30Cl2Zr. The molecule has 2 aromatic rings. The number of benzene rings is 2. The van der Waals surface area contributed by atoms with E-state index in [4.69, 9.17) is 17.0 Å². The maximum absolute atomic E-state index is 8.44. The number of hydrogen-bond acceptors (Lipinski definition) is 0. The van der Waals surface area contributed by atoms with Gasteiger partial charge in [0.25, 0.3) is 0 Å². The van der Waals surface area contributed by atoms with Crippen molar-refractivity contribution in [2.24, 2.45) is 0 Å². The van der Waals surface area contributed by atoms with Crippen molar-refractivity contribution in [2.45, 2.75) is 32.7 Å². The van der Waals surface area contributed by atoms with Gasteiger partial charge < -0.3 is 0 Å². The maximum atomic E-state index is 8.44. The van der Waals surface area contributed by atoms with E-state index in [0.29, 0.717) is 0 Å². The molecule has 3 heteroatoms. The van der Waals surface area contributed by atoms with Crippen LogP contribution in [0.15, 0.2) is 60.7 Å². The first-order valence-corrected chi connectivity index (χ1v) is 30.4. The van der Waals surface area contributed by atoms with Crippen LogP contribution in [0.4, 0.5) is 0 Å². The van der Waals surface area contributed by atoms with E-state index >= 15 is 0 Å². The predicted molar refractivity (Wildman–Crippen MR) is 123 cm³/mol. The molecule has 2 unspecified atom stereocenters. The Kier molecular flexibility index (Phi) is 2.45. The quantitative estimate of drug-likeness (QED) is 0.403. The molecule has 0 amide bonds. The van der Waals surface area contributed by atoms with Crippen LogP contribution in [0, 0.1) is 0 Å². The standard InChI is InChI=1S/2C9H7.C2H4.4CH3.2ClH.Zr/c2*1-2-5-9-7-3-6-8(9)4-1;1-2;;;;;;;/h2*1-7H;1H,2H3;4*1H3;2*1H;/q;;;;;;;;;+2/p-2. The second-order valence-electron chi connectivity index (χ2n) is 14.4. The molecule has 2 aliphatic rings. The third kappa shape index (κ3) is 2.17. The van der Waals surface area contributed by atoms with Gasteiger partial charge in [-0.25, -0.2) is 0 Å². The molecule has 0 spiro atoms. The Morgan fingerprint density at radius 3 is 1.44 bits per heavy atom. The minimum atomic E-state index is -6.60. The molecule has 0 aromatic heterocycles. The topological polar surface area (TPSA) is 0 Å². The molecule has 0 bridgehead atoms. The zero-order valence-corrected chi connectivity index (χ0v) is 20.9. The van der Waals surface area contributed by atoms with E-state index in [-0.39, 0.29) is 7.25 Å². The summed E-state index contributed by atoms with van der Waals surface area (Å²) < 4.78 is 10.7. The van der Waals surface area contributed by atoms with Crippen LogP contribution in [0.3, 0.4) is 0 Å². The Hall–Kier alpha value is -0.747. The fourth-order valence-electron chi connectivity index (χ4n) is 6.03. The van der Waals surface area contributed by atoms with Gasteiger partial charge in [-0.15, -0.1) is 0 Å². The van der Waals surface area contributed by atoms with Crippen LogP contribution in [0.5, 0.6) is 0 Å². The molecule has 0 fully saturated rings. The van der Waals surface area contributed by atoms with Crippen LogP contribution >= 0.6 is 17.0 Å². The molecule has 27 heavy (non-hydrogen) atoms. The Labute approximate surface area is 157 Å². The van der Waals surface area contributed by atoms with Crippen molar-refractivity contribution in [3.8, 4) is 0 Å². The second-order valence-corrected chi connectivity index (χ2v) is 93.2. The van der Waals surface area contributed by atoms with E-state index < -0.39 is 9.97 Å². The van der Waals surface area contributed by atoms with Gasteiger partial charge in [0.1, 0.15) is 0 Å². The summed E-state index contributed by atoms with van der Waals surface area (Å²) in [6, 6.07) is 17.0. The first kappa shape index (κ1) is 19.6. The van der Waals surface area contributed by atoms with Crippen molar-refractivity contribution in [3.05, 3.63) is 82.9 Å². The summed E-state index contributed by atoms with van der Waals surface area (Å²) >= 11 is 0. The summed E-state index contributed by atoms with van der Waals surface area (Å²) in [6.45, 7) is 2.07. The summed E-state index contributed by atoms with van der Waals surface area (Å²) in [6.07, 6.45) is 8.85. The normalized spacial score (nSPS) is 28.5. The summed E-state index contributed by atoms with van der Waals surface area (Å²) in [7, 11) is 10.3. The van der Waals surface area contributed by atoms with Crippen molar-refractivity contribution >= 4 is 32.9 Å². The third-order valence-corrected chi connectivity index (χ3v) is 46.1. The SMILES string of the molecule is C[CH]=[Zr]([CH3])([CH3])([CH3])([CH3])([Cl])([Cl])([CH]1C=Cc2ccccc21)[CH]1C=Cc2ccccc21. The number of rotatable bonds is 2. The van der Waals surface area contributed by atoms with Gasteiger partial charge in [-0.05, 0) is 0 Å². The summed E-state index contributed by atoms with van der Waals surface area (Å²) in [5, 5.41) is 0. The fraction of sp³-hybridized carbons (Fsp3) is 0.292. The third-order valence-electron chi connectivity index (χ3n) is 8.98. The molecule has 2 aromatic carbocycles. The van der Waals surface area contributed by atoms with Gasteiger partial charge in [0.05, 0.1) is 0 Å². The van der Waals surface area contributed by atoms with Crippen molar-refractivity contribution in [1.29, 1.82) is 0 Å². The molecule has 0 saturated heterocycles. The average molecular weight is 481 g/mol. The summed E-state index contributed by atoms with van der Waals surface area (Å²) in [5.74, 6) is 0. The Bertz CT molecular complexity index is 1200. The van der Waals surface area contributed by atoms with Crippen LogP contribution in [0.2, 0.25) is 18.5 Å². The van der Waals surface area contributed by atoms with Gasteiger partial charge in [-0.3, -0.25) is 0 Å². The molecule has 0 aliphatic heterocycles. The number of allylic oxidation sites excluding steroid dienone is 2. The number of fused-ring (bicyclic) bond motifs is 2. The van der Waals surface area contributed by atoms with Crippen LogP contribution < -0.4 is 0 Å². The molecule has 4 rings (SSSR count). The summed E-state index contributed by atoms with van der Waals surface area (Å²) in [4.78, 5) is 0. The van der Waals surface area contributed by atoms with E-state index in [1.807, 2.05) is 0 Å². The molecule has 0 nitrogen and oxygen atoms in total. The average Bonchev–Trinajstić information content (AvgIpc) is 3.20. The van der Waals surface area contributed by atoms with E-state index in [1.54, 1.807) is 0 Å². The zero-order chi connectivity index (χ0) is 20.0. The van der Waals surface area contributed by atoms with Gasteiger partial charge in [-0.1, -0.05) is 0 Å². The molecule has 0 N–H and O–H groups in total. The Morgan fingerprint density at radius 2 is 1.07 bits per heavy atom. The second kappa shape index (κ2) is 3.38. The van der Waals surface area contributed by atoms with Crippen molar-refractivity contribution in [2.75, 3.05) is 0 Å². The van der Waals surface area contributed by atoms with E-state index in [1.165, 1.54) is 22.3 Å². The molecule has 0 saturated carbocycles. The Balaban J connectivity index is 2.27. The van der Waals surface area contributed by atoms with Crippen LogP contribution in [-0.2, 0) is 9.97 Å². The van der Waals surface area contributed by atoms with Crippen LogP contribution in [0.25, 0.3) is 12.2 Å². The van der Waals surface area contributed by atoms with Gasteiger partial charge in [0.15, 0.2) is 0 Å². The molecule has 2 atom stereocenters. The fourth-order valence-corrected chi connectivity index (χ4v) is 29.6. The first-order chi connectivity index (χ1) is 11.9. The molecule has 0 radical (unpaired) electrons. The van der Waals surface area contributed by atoms with E-state index in [2.05, 4.69) is 102 Å². The molecule has 144 valence electrons. The van der Waals surface area contributed by atoms with Crippen LogP contribution in [0.1, 0.15) is 36.4 Å². The van der Waals surface area contributed by atoms with E-state index in [9.17, 15) is 0 Å². The van der Waals surface area contributed by atoms with Crippen LogP contribution in [-0.4, -0.2) is 3.71 Å². The van der Waals surface area contributed by atoms with Crippen molar-refractivity contribution in [3.63, 3.8) is 0 Å². The van der Waals surface area contributed by atoms with Crippen molar-refractivity contribution in [1.82, 2.24) is 0 Å². The van der Waals surface area contributed by atoms with Gasteiger partial charge in [0, 0.05) is 0 Å². The summed E-state index contributed by atoms with van der Waals surface area (Å²) in [5.41, 5.74) is 4.82. The van der Waals surface area contributed by atoms with Crippen molar-refractivity contribution < 1.29 is 9.97 Å². The Morgan fingerprint density at radius 1 is 0.704 bits per heavy atom. The monoisotopic (exact) mass is 478 g/mol. The zero-order valence-electron chi connectivity index (χ0n) is 16.9. The number of halogens is 2. The number of hydrogen-bond donors (Lipinski definition) is 0. The molecule has 0 heterocycles.